The van der Waals surface area contributed by atoms with Crippen molar-refractivity contribution < 1.29 is 19.1 Å². The molecule has 2 aromatic carbocycles. The molecule has 0 aromatic heterocycles. The molecule has 0 saturated heterocycles. The van der Waals surface area contributed by atoms with Gasteiger partial charge in [-0.15, -0.1) is 0 Å². The second kappa shape index (κ2) is 20.4. The monoisotopic (exact) mass is 550 g/mol. The van der Waals surface area contributed by atoms with E-state index >= 15 is 0 Å². The van der Waals surface area contributed by atoms with Crippen LogP contribution >= 0.6 is 0 Å². The standard InChI is InChI=1S/C36H54O4/c1-4-6-7-8-17-25-34(40-30-32-21-13-11-14-22-32)26-20-29-36(31(3)37,33-23-15-12-16-24-33)28-19-10-9-18-27-35(38)39-5-2/h11-16,21-24,34H,4-10,17-20,25-30H2,1-3H3. The van der Waals surface area contributed by atoms with Crippen LogP contribution in [-0.2, 0) is 31.1 Å². The van der Waals surface area contributed by atoms with Gasteiger partial charge in [0.1, 0.15) is 5.78 Å². The van der Waals surface area contributed by atoms with Crippen LogP contribution in [0.3, 0.4) is 0 Å². The van der Waals surface area contributed by atoms with Crippen LogP contribution in [0.4, 0.5) is 0 Å². The molecule has 0 radical (unpaired) electrons. The summed E-state index contributed by atoms with van der Waals surface area (Å²) >= 11 is 0. The summed E-state index contributed by atoms with van der Waals surface area (Å²) in [4.78, 5) is 25.0. The zero-order chi connectivity index (χ0) is 28.9. The molecule has 2 unspecified atom stereocenters. The highest BCUT2D eigenvalue weighted by Crippen LogP contribution is 2.37. The van der Waals surface area contributed by atoms with Crippen LogP contribution < -0.4 is 0 Å². The number of rotatable bonds is 23. The first-order valence-corrected chi connectivity index (χ1v) is 15.9. The Morgan fingerprint density at radius 1 is 0.725 bits per heavy atom. The van der Waals surface area contributed by atoms with E-state index in [0.29, 0.717) is 19.6 Å². The normalized spacial score (nSPS) is 13.5. The van der Waals surface area contributed by atoms with Crippen molar-refractivity contribution in [1.82, 2.24) is 0 Å². The average molecular weight is 551 g/mol. The number of ketones is 1. The Morgan fingerprint density at radius 2 is 1.32 bits per heavy atom. The molecule has 222 valence electrons. The maximum absolute atomic E-state index is 13.3. The molecule has 0 amide bonds. The lowest BCUT2D eigenvalue weighted by atomic mass is 9.70. The molecule has 0 fully saturated rings. The minimum absolute atomic E-state index is 0.112. The predicted molar refractivity (Wildman–Crippen MR) is 165 cm³/mol. The summed E-state index contributed by atoms with van der Waals surface area (Å²) < 4.78 is 11.5. The maximum atomic E-state index is 13.3. The first-order chi connectivity index (χ1) is 19.5. The van der Waals surface area contributed by atoms with Crippen molar-refractivity contribution in [2.45, 2.75) is 135 Å². The Kier molecular flexibility index (Phi) is 17.2. The quantitative estimate of drug-likeness (QED) is 0.102. The van der Waals surface area contributed by atoms with Crippen molar-refractivity contribution in [2.24, 2.45) is 0 Å². The lowest BCUT2D eigenvalue weighted by Crippen LogP contribution is -2.34. The Labute approximate surface area is 244 Å². The highest BCUT2D eigenvalue weighted by Gasteiger charge is 2.36. The summed E-state index contributed by atoms with van der Waals surface area (Å²) in [6.07, 6.45) is 15.5. The van der Waals surface area contributed by atoms with Crippen molar-refractivity contribution in [3.63, 3.8) is 0 Å². The molecule has 2 atom stereocenters. The number of hydrogen-bond donors (Lipinski definition) is 0. The third kappa shape index (κ3) is 12.8. The van der Waals surface area contributed by atoms with Crippen molar-refractivity contribution in [1.29, 1.82) is 0 Å². The Balaban J connectivity index is 1.99. The molecule has 2 aromatic rings. The number of esters is 1. The summed E-state index contributed by atoms with van der Waals surface area (Å²) in [5.41, 5.74) is 1.88. The van der Waals surface area contributed by atoms with E-state index in [1.54, 1.807) is 6.92 Å². The highest BCUT2D eigenvalue weighted by molar-refractivity contribution is 5.88. The van der Waals surface area contributed by atoms with Crippen LogP contribution in [0.2, 0.25) is 0 Å². The highest BCUT2D eigenvalue weighted by atomic mass is 16.5. The van der Waals surface area contributed by atoms with Gasteiger partial charge in [-0.3, -0.25) is 9.59 Å². The summed E-state index contributed by atoms with van der Waals surface area (Å²) in [7, 11) is 0. The summed E-state index contributed by atoms with van der Waals surface area (Å²) in [6.45, 7) is 6.94. The van der Waals surface area contributed by atoms with Gasteiger partial charge >= 0.3 is 5.97 Å². The summed E-state index contributed by atoms with van der Waals surface area (Å²) in [5.74, 6) is 0.144. The lowest BCUT2D eigenvalue weighted by Gasteiger charge is -2.33. The smallest absolute Gasteiger partial charge is 0.305 e. The third-order valence-electron chi connectivity index (χ3n) is 8.13. The van der Waals surface area contributed by atoms with Crippen molar-refractivity contribution >= 4 is 11.8 Å². The molecule has 2 rings (SSSR count). The zero-order valence-corrected chi connectivity index (χ0v) is 25.5. The SMILES string of the molecule is CCCCCCCC(CCCC(CCCCCCC(=O)OCC)(C(C)=O)c1ccccc1)OCc1ccccc1. The van der Waals surface area contributed by atoms with Crippen LogP contribution in [0.15, 0.2) is 60.7 Å². The topological polar surface area (TPSA) is 52.6 Å². The van der Waals surface area contributed by atoms with Crippen molar-refractivity contribution in [3.05, 3.63) is 71.8 Å². The van der Waals surface area contributed by atoms with E-state index in [1.807, 2.05) is 19.1 Å². The number of unbranched alkanes of at least 4 members (excludes halogenated alkanes) is 7. The fourth-order valence-electron chi connectivity index (χ4n) is 5.72. The van der Waals surface area contributed by atoms with E-state index in [2.05, 4.69) is 55.5 Å². The fraction of sp³-hybridized carbons (Fsp3) is 0.611. The van der Waals surface area contributed by atoms with Gasteiger partial charge in [0.05, 0.1) is 24.7 Å². The molecule has 0 aliphatic heterocycles. The average Bonchev–Trinajstić information content (AvgIpc) is 2.97. The van der Waals surface area contributed by atoms with Gasteiger partial charge in [0.15, 0.2) is 0 Å². The molecule has 0 heterocycles. The molecule has 0 aliphatic rings. The molecule has 0 bridgehead atoms. The molecular formula is C36H54O4. The lowest BCUT2D eigenvalue weighted by molar-refractivity contribution is -0.143. The van der Waals surface area contributed by atoms with Crippen LogP contribution in [0.5, 0.6) is 0 Å². The Morgan fingerprint density at radius 3 is 2.00 bits per heavy atom. The molecule has 0 aliphatic carbocycles. The molecule has 0 spiro atoms. The molecular weight excluding hydrogens is 496 g/mol. The molecule has 0 N–H and O–H groups in total. The molecule has 40 heavy (non-hydrogen) atoms. The summed E-state index contributed by atoms with van der Waals surface area (Å²) in [6, 6.07) is 20.8. The van der Waals surface area contributed by atoms with E-state index in [0.717, 1.165) is 63.4 Å². The first-order valence-electron chi connectivity index (χ1n) is 15.9. The largest absolute Gasteiger partial charge is 0.466 e. The molecule has 4 nitrogen and oxygen atoms in total. The van der Waals surface area contributed by atoms with E-state index in [1.165, 1.54) is 37.7 Å². The van der Waals surface area contributed by atoms with Crippen LogP contribution in [0.25, 0.3) is 0 Å². The van der Waals surface area contributed by atoms with Gasteiger partial charge in [0.25, 0.3) is 0 Å². The van der Waals surface area contributed by atoms with Gasteiger partial charge in [-0.2, -0.15) is 0 Å². The maximum Gasteiger partial charge on any atom is 0.305 e. The van der Waals surface area contributed by atoms with Gasteiger partial charge in [-0.1, -0.05) is 119 Å². The van der Waals surface area contributed by atoms with Crippen LogP contribution in [-0.4, -0.2) is 24.5 Å². The number of carbonyl (C=O) groups is 2. The Hall–Kier alpha value is -2.46. The van der Waals surface area contributed by atoms with Crippen molar-refractivity contribution in [2.75, 3.05) is 6.61 Å². The van der Waals surface area contributed by atoms with E-state index in [-0.39, 0.29) is 17.9 Å². The van der Waals surface area contributed by atoms with Gasteiger partial charge in [0, 0.05) is 6.42 Å². The van der Waals surface area contributed by atoms with Gasteiger partial charge in [-0.05, 0) is 63.5 Å². The minimum atomic E-state index is -0.465. The van der Waals surface area contributed by atoms with E-state index in [9.17, 15) is 9.59 Å². The van der Waals surface area contributed by atoms with Gasteiger partial charge in [0.2, 0.25) is 0 Å². The number of carbonyl (C=O) groups excluding carboxylic acids is 2. The van der Waals surface area contributed by atoms with Crippen LogP contribution in [0, 0.1) is 0 Å². The van der Waals surface area contributed by atoms with E-state index < -0.39 is 5.41 Å². The van der Waals surface area contributed by atoms with Crippen molar-refractivity contribution in [3.8, 4) is 0 Å². The number of Topliss-reactive ketones (excluding diaryl/α,β-unsaturated/α-hetero) is 1. The van der Waals surface area contributed by atoms with Gasteiger partial charge in [-0.25, -0.2) is 0 Å². The summed E-state index contributed by atoms with van der Waals surface area (Å²) in [5, 5.41) is 0. The Bertz CT molecular complexity index is 926. The zero-order valence-electron chi connectivity index (χ0n) is 25.5. The third-order valence-corrected chi connectivity index (χ3v) is 8.13. The fourth-order valence-corrected chi connectivity index (χ4v) is 5.72. The van der Waals surface area contributed by atoms with Gasteiger partial charge < -0.3 is 9.47 Å². The second-order valence-corrected chi connectivity index (χ2v) is 11.2. The predicted octanol–water partition coefficient (Wildman–Crippen LogP) is 9.53. The van der Waals surface area contributed by atoms with Crippen LogP contribution in [0.1, 0.15) is 128 Å². The second-order valence-electron chi connectivity index (χ2n) is 11.2. The molecule has 4 heteroatoms. The van der Waals surface area contributed by atoms with E-state index in [4.69, 9.17) is 9.47 Å². The number of benzene rings is 2. The number of ether oxygens (including phenoxy) is 2. The number of hydrogen-bond acceptors (Lipinski definition) is 4. The first kappa shape index (κ1) is 33.7. The minimum Gasteiger partial charge on any atom is -0.466 e. The molecule has 0 saturated carbocycles.